The first kappa shape index (κ1) is 17.2. The van der Waals surface area contributed by atoms with Gasteiger partial charge in [-0.3, -0.25) is 14.8 Å². The van der Waals surface area contributed by atoms with Crippen LogP contribution in [0.4, 0.5) is 13.2 Å². The minimum absolute atomic E-state index is 0.479. The second-order valence-corrected chi connectivity index (χ2v) is 7.95. The molecule has 27 heavy (non-hydrogen) atoms. The molecule has 0 radical (unpaired) electrons. The second kappa shape index (κ2) is 6.31. The Kier molecular flexibility index (Phi) is 4.01. The molecule has 1 saturated carbocycles. The Hall–Kier alpha value is -1.93. The van der Waals surface area contributed by atoms with Gasteiger partial charge in [-0.15, -0.1) is 0 Å². The van der Waals surface area contributed by atoms with E-state index in [1.807, 2.05) is 0 Å². The third kappa shape index (κ3) is 3.48. The first-order valence-corrected chi connectivity index (χ1v) is 9.41. The first-order chi connectivity index (χ1) is 13.0. The van der Waals surface area contributed by atoms with Crippen molar-refractivity contribution >= 4 is 0 Å². The van der Waals surface area contributed by atoms with Gasteiger partial charge in [0, 0.05) is 56.4 Å². The topological polar surface area (TPSA) is 45.4 Å². The molecule has 3 saturated heterocycles. The number of halogens is 3. The van der Waals surface area contributed by atoms with E-state index in [0.717, 1.165) is 42.7 Å². The van der Waals surface area contributed by atoms with E-state index in [1.165, 1.54) is 31.5 Å². The van der Waals surface area contributed by atoms with Gasteiger partial charge in [0.1, 0.15) is 11.5 Å². The van der Waals surface area contributed by atoms with Crippen LogP contribution in [0.2, 0.25) is 0 Å². The predicted molar refractivity (Wildman–Crippen MR) is 90.7 cm³/mol. The summed E-state index contributed by atoms with van der Waals surface area (Å²) in [6, 6.07) is 5.65. The molecule has 2 unspecified atom stereocenters. The van der Waals surface area contributed by atoms with E-state index in [-0.39, 0.29) is 0 Å². The van der Waals surface area contributed by atoms with Crippen LogP contribution in [-0.4, -0.2) is 45.1 Å². The predicted octanol–water partition coefficient (Wildman–Crippen LogP) is 3.42. The molecular weight excluding hydrogens is 357 g/mol. The number of alkyl halides is 3. The summed E-state index contributed by atoms with van der Waals surface area (Å²) in [6.07, 6.45) is 0.547. The number of fused-ring (bicyclic) bond motifs is 2. The van der Waals surface area contributed by atoms with Gasteiger partial charge < -0.3 is 4.52 Å². The summed E-state index contributed by atoms with van der Waals surface area (Å²) in [5, 5.41) is 4.21. The summed E-state index contributed by atoms with van der Waals surface area (Å²) < 4.78 is 43.3. The SMILES string of the molecule is FC(F)(F)c1ccc(CN2CC3CC(C2)N3Cc2cc(C3CC3)on2)cn1. The molecule has 144 valence electrons. The van der Waals surface area contributed by atoms with E-state index in [2.05, 4.69) is 26.0 Å². The summed E-state index contributed by atoms with van der Waals surface area (Å²) >= 11 is 0. The summed E-state index contributed by atoms with van der Waals surface area (Å²) in [6.45, 7) is 3.30. The molecule has 4 aliphatic rings. The standard InChI is InChI=1S/C19H21F3N4O/c20-19(21,22)18-4-1-12(7-23-18)8-25-10-15-6-16(11-25)26(15)9-14-5-17(27-24-14)13-2-3-13/h1,4-5,7,13,15-16H,2-3,6,8-11H2. The Balaban J connectivity index is 1.16. The normalized spacial score (nSPS) is 26.2. The van der Waals surface area contributed by atoms with Gasteiger partial charge in [-0.2, -0.15) is 13.2 Å². The van der Waals surface area contributed by atoms with Crippen molar-refractivity contribution in [2.75, 3.05) is 13.1 Å². The largest absolute Gasteiger partial charge is 0.433 e. The number of hydrogen-bond acceptors (Lipinski definition) is 5. The highest BCUT2D eigenvalue weighted by Gasteiger charge is 2.44. The molecule has 0 amide bonds. The molecule has 2 bridgehead atoms. The van der Waals surface area contributed by atoms with Crippen molar-refractivity contribution < 1.29 is 17.7 Å². The fourth-order valence-corrected chi connectivity index (χ4v) is 4.26. The second-order valence-electron chi connectivity index (χ2n) is 7.95. The molecule has 2 aromatic heterocycles. The highest BCUT2D eigenvalue weighted by Crippen LogP contribution is 2.41. The molecule has 2 atom stereocenters. The van der Waals surface area contributed by atoms with Gasteiger partial charge in [0.2, 0.25) is 0 Å². The minimum atomic E-state index is -4.38. The van der Waals surface area contributed by atoms with Crippen LogP contribution in [0.15, 0.2) is 28.9 Å². The van der Waals surface area contributed by atoms with Crippen molar-refractivity contribution in [2.24, 2.45) is 0 Å². The molecule has 4 fully saturated rings. The maximum atomic E-state index is 12.6. The molecule has 0 N–H and O–H groups in total. The van der Waals surface area contributed by atoms with Crippen LogP contribution in [-0.2, 0) is 19.3 Å². The van der Waals surface area contributed by atoms with Crippen molar-refractivity contribution in [3.63, 3.8) is 0 Å². The summed E-state index contributed by atoms with van der Waals surface area (Å²) in [7, 11) is 0. The van der Waals surface area contributed by atoms with Gasteiger partial charge in [-0.1, -0.05) is 11.2 Å². The number of rotatable bonds is 5. The van der Waals surface area contributed by atoms with E-state index in [9.17, 15) is 13.2 Å². The van der Waals surface area contributed by atoms with E-state index in [0.29, 0.717) is 24.5 Å². The molecule has 6 rings (SSSR count). The number of piperidine rings is 1. The van der Waals surface area contributed by atoms with Crippen LogP contribution in [0, 0.1) is 0 Å². The average Bonchev–Trinajstić information content (AvgIpc) is 3.38. The van der Waals surface area contributed by atoms with Crippen molar-refractivity contribution in [1.82, 2.24) is 19.9 Å². The lowest BCUT2D eigenvalue weighted by Gasteiger charge is -2.56. The lowest BCUT2D eigenvalue weighted by Crippen LogP contribution is -2.67. The molecule has 5 heterocycles. The smallest absolute Gasteiger partial charge is 0.361 e. The van der Waals surface area contributed by atoms with E-state index >= 15 is 0 Å². The zero-order valence-corrected chi connectivity index (χ0v) is 14.8. The molecule has 5 nitrogen and oxygen atoms in total. The number of pyridine rings is 1. The Labute approximate surface area is 155 Å². The fraction of sp³-hybridized carbons (Fsp3) is 0.579. The van der Waals surface area contributed by atoms with Gasteiger partial charge in [0.05, 0.1) is 5.69 Å². The number of aromatic nitrogens is 2. The first-order valence-electron chi connectivity index (χ1n) is 9.41. The van der Waals surface area contributed by atoms with Gasteiger partial charge in [0.15, 0.2) is 0 Å². The lowest BCUT2D eigenvalue weighted by molar-refractivity contribution is -0.141. The van der Waals surface area contributed by atoms with Gasteiger partial charge in [-0.05, 0) is 30.9 Å². The molecule has 0 spiro atoms. The molecule has 8 heteroatoms. The summed E-state index contributed by atoms with van der Waals surface area (Å²) in [5.74, 6) is 1.60. The molecule has 1 aliphatic carbocycles. The number of nitrogens with zero attached hydrogens (tertiary/aromatic N) is 4. The van der Waals surface area contributed by atoms with Crippen LogP contribution < -0.4 is 0 Å². The van der Waals surface area contributed by atoms with Gasteiger partial charge >= 0.3 is 6.18 Å². The number of piperazine rings is 1. The fourth-order valence-electron chi connectivity index (χ4n) is 4.26. The Morgan fingerprint density at radius 2 is 1.89 bits per heavy atom. The quantitative estimate of drug-likeness (QED) is 0.798. The van der Waals surface area contributed by atoms with Crippen molar-refractivity contribution in [2.45, 2.75) is 56.5 Å². The Bertz CT molecular complexity index is 803. The van der Waals surface area contributed by atoms with Gasteiger partial charge in [-0.25, -0.2) is 0 Å². The lowest BCUT2D eigenvalue weighted by atomic mass is 9.87. The van der Waals surface area contributed by atoms with Crippen molar-refractivity contribution in [3.8, 4) is 0 Å². The van der Waals surface area contributed by atoms with Crippen LogP contribution >= 0.6 is 0 Å². The van der Waals surface area contributed by atoms with Crippen LogP contribution in [0.1, 0.15) is 47.9 Å². The van der Waals surface area contributed by atoms with Crippen molar-refractivity contribution in [3.05, 3.63) is 47.1 Å². The van der Waals surface area contributed by atoms with Crippen LogP contribution in [0.3, 0.4) is 0 Å². The molecular formula is C19H21F3N4O. The third-order valence-electron chi connectivity index (χ3n) is 5.84. The number of hydrogen-bond donors (Lipinski definition) is 0. The highest BCUT2D eigenvalue weighted by molar-refractivity contribution is 5.18. The zero-order chi connectivity index (χ0) is 18.6. The monoisotopic (exact) mass is 378 g/mol. The van der Waals surface area contributed by atoms with E-state index < -0.39 is 11.9 Å². The maximum absolute atomic E-state index is 12.6. The minimum Gasteiger partial charge on any atom is -0.361 e. The Morgan fingerprint density at radius 3 is 2.52 bits per heavy atom. The third-order valence-corrected chi connectivity index (χ3v) is 5.84. The highest BCUT2D eigenvalue weighted by atomic mass is 19.4. The van der Waals surface area contributed by atoms with Gasteiger partial charge in [0.25, 0.3) is 0 Å². The average molecular weight is 378 g/mol. The van der Waals surface area contributed by atoms with Crippen LogP contribution in [0.5, 0.6) is 0 Å². The van der Waals surface area contributed by atoms with Crippen molar-refractivity contribution in [1.29, 1.82) is 0 Å². The molecule has 2 aromatic rings. The van der Waals surface area contributed by atoms with E-state index in [4.69, 9.17) is 4.52 Å². The molecule has 3 aliphatic heterocycles. The maximum Gasteiger partial charge on any atom is 0.433 e. The zero-order valence-electron chi connectivity index (χ0n) is 14.8. The Morgan fingerprint density at radius 1 is 1.11 bits per heavy atom. The summed E-state index contributed by atoms with van der Waals surface area (Å²) in [5.41, 5.74) is 0.991. The van der Waals surface area contributed by atoms with Crippen LogP contribution in [0.25, 0.3) is 0 Å². The summed E-state index contributed by atoms with van der Waals surface area (Å²) in [4.78, 5) is 8.33. The van der Waals surface area contributed by atoms with E-state index in [1.54, 1.807) is 0 Å². The molecule has 0 aromatic carbocycles.